The monoisotopic (exact) mass is 514 g/mol. The van der Waals surface area contributed by atoms with Gasteiger partial charge in [0.05, 0.1) is 17.1 Å². The van der Waals surface area contributed by atoms with Crippen LogP contribution in [0.25, 0.3) is 15.8 Å². The first-order chi connectivity index (χ1) is 17.5. The van der Waals surface area contributed by atoms with Crippen molar-refractivity contribution in [2.75, 3.05) is 0 Å². The molecule has 0 aliphatic rings. The van der Waals surface area contributed by atoms with Gasteiger partial charge in [0.15, 0.2) is 11.6 Å². The molecule has 0 saturated heterocycles. The molecule has 0 spiro atoms. The highest BCUT2D eigenvalue weighted by Gasteiger charge is 2.24. The Bertz CT molecular complexity index is 1600. The lowest BCUT2D eigenvalue weighted by molar-refractivity contribution is 0.0949. The molecule has 1 amide bonds. The molecule has 6 nitrogen and oxygen atoms in total. The highest BCUT2D eigenvalue weighted by molar-refractivity contribution is 7.15. The predicted molar refractivity (Wildman–Crippen MR) is 143 cm³/mol. The van der Waals surface area contributed by atoms with Gasteiger partial charge in [-0.05, 0) is 54.4 Å². The van der Waals surface area contributed by atoms with E-state index in [1.165, 1.54) is 11.3 Å². The van der Waals surface area contributed by atoms with E-state index >= 15 is 0 Å². The third-order valence-electron chi connectivity index (χ3n) is 5.99. The van der Waals surface area contributed by atoms with Crippen LogP contribution >= 0.6 is 22.9 Å². The number of halogens is 1. The van der Waals surface area contributed by atoms with Gasteiger partial charge < -0.3 is 5.32 Å². The summed E-state index contributed by atoms with van der Waals surface area (Å²) in [5, 5.41) is 14.7. The number of amides is 1. The van der Waals surface area contributed by atoms with Gasteiger partial charge in [-0.2, -0.15) is 0 Å². The van der Waals surface area contributed by atoms with Crippen molar-refractivity contribution in [3.63, 3.8) is 0 Å². The van der Waals surface area contributed by atoms with E-state index < -0.39 is 0 Å². The number of hydrogen-bond donors (Lipinski definition) is 1. The van der Waals surface area contributed by atoms with Crippen molar-refractivity contribution in [2.45, 2.75) is 26.8 Å². The molecule has 0 radical (unpaired) electrons. The minimum Gasteiger partial charge on any atom is -0.345 e. The number of nitrogens with zero attached hydrogens (tertiary/aromatic N) is 3. The van der Waals surface area contributed by atoms with Crippen molar-refractivity contribution >= 4 is 45.4 Å². The number of thiophene rings is 1. The maximum Gasteiger partial charge on any atom is 0.251 e. The summed E-state index contributed by atoms with van der Waals surface area (Å²) >= 11 is 7.85. The number of rotatable bonds is 7. The molecule has 180 valence electrons. The number of carbonyl (C=O) groups is 2. The Kier molecular flexibility index (Phi) is 6.67. The molecule has 36 heavy (non-hydrogen) atoms. The molecule has 0 aliphatic heterocycles. The number of nitrogens with one attached hydrogen (secondary N) is 1. The lowest BCUT2D eigenvalue weighted by Gasteiger charge is -2.11. The second-order valence-electron chi connectivity index (χ2n) is 8.34. The summed E-state index contributed by atoms with van der Waals surface area (Å²) in [6.07, 6.45) is 0.780. The summed E-state index contributed by atoms with van der Waals surface area (Å²) < 4.78 is 1.84. The lowest BCUT2D eigenvalue weighted by Crippen LogP contribution is -2.24. The van der Waals surface area contributed by atoms with Crippen LogP contribution in [-0.4, -0.2) is 26.5 Å². The fourth-order valence-corrected chi connectivity index (χ4v) is 5.48. The highest BCUT2D eigenvalue weighted by atomic mass is 35.5. The smallest absolute Gasteiger partial charge is 0.251 e. The Morgan fingerprint density at radius 3 is 2.47 bits per heavy atom. The average molecular weight is 515 g/mol. The molecular weight excluding hydrogens is 492 g/mol. The topological polar surface area (TPSA) is 76.9 Å². The molecule has 0 fully saturated rings. The third kappa shape index (κ3) is 4.55. The van der Waals surface area contributed by atoms with E-state index in [0.717, 1.165) is 22.1 Å². The maximum atomic E-state index is 13.5. The number of aryl methyl sites for hydroxylation is 2. The summed E-state index contributed by atoms with van der Waals surface area (Å²) in [5.41, 5.74) is 1.54. The average Bonchev–Trinajstić information content (AvgIpc) is 3.49. The summed E-state index contributed by atoms with van der Waals surface area (Å²) in [6.45, 7) is 4.03. The minimum atomic E-state index is -0.208. The minimum absolute atomic E-state index is 0.158. The Labute approximate surface area is 217 Å². The Hall–Kier alpha value is -3.81. The van der Waals surface area contributed by atoms with E-state index in [2.05, 4.69) is 15.5 Å². The van der Waals surface area contributed by atoms with Crippen molar-refractivity contribution in [3.05, 3.63) is 111 Å². The van der Waals surface area contributed by atoms with E-state index in [4.69, 9.17) is 11.6 Å². The first-order valence-corrected chi connectivity index (χ1v) is 12.8. The molecular formula is C28H23ClN4O2S. The van der Waals surface area contributed by atoms with Crippen molar-refractivity contribution in [1.82, 2.24) is 20.1 Å². The third-order valence-corrected chi connectivity index (χ3v) is 7.58. The molecule has 0 saturated carbocycles. The maximum absolute atomic E-state index is 13.5. The molecule has 0 unspecified atom stereocenters. The van der Waals surface area contributed by atoms with Gasteiger partial charge >= 0.3 is 0 Å². The molecule has 0 aliphatic carbocycles. The van der Waals surface area contributed by atoms with Gasteiger partial charge in [0.1, 0.15) is 10.8 Å². The van der Waals surface area contributed by atoms with Crippen LogP contribution in [0, 0.1) is 6.92 Å². The summed E-state index contributed by atoms with van der Waals surface area (Å²) in [4.78, 5) is 27.5. The number of aromatic nitrogens is 3. The summed E-state index contributed by atoms with van der Waals surface area (Å²) in [6, 6.07) is 22.4. The number of fused-ring (bicyclic) bond motifs is 1. The normalized spacial score (nSPS) is 11.1. The second-order valence-corrected chi connectivity index (χ2v) is 9.86. The van der Waals surface area contributed by atoms with E-state index in [9.17, 15) is 9.59 Å². The molecule has 8 heteroatoms. The Balaban J connectivity index is 1.45. The second kappa shape index (κ2) is 10.0. The first kappa shape index (κ1) is 23.9. The van der Waals surface area contributed by atoms with E-state index in [1.54, 1.807) is 30.3 Å². The Morgan fingerprint density at radius 1 is 0.944 bits per heavy atom. The molecule has 5 rings (SSSR count). The van der Waals surface area contributed by atoms with Crippen LogP contribution in [0.3, 0.4) is 0 Å². The quantitative estimate of drug-likeness (QED) is 0.263. The van der Waals surface area contributed by atoms with Crippen LogP contribution in [0.2, 0.25) is 5.02 Å². The van der Waals surface area contributed by atoms with Crippen LogP contribution < -0.4 is 5.32 Å². The molecule has 1 N–H and O–H groups in total. The standard InChI is InChI=1S/C28H23ClN4O2S/c1-3-21-15-23(26(34)22-10-6-7-11-24(22)29)28(36-21)33-17(2)31-32-25(33)16-30-27(35)20-13-12-18-8-4-5-9-19(18)14-20/h4-15H,3,16H2,1-2H3,(H,30,35). The van der Waals surface area contributed by atoms with Crippen LogP contribution in [0.5, 0.6) is 0 Å². The number of carbonyl (C=O) groups excluding carboxylic acids is 2. The van der Waals surface area contributed by atoms with Crippen LogP contribution in [0.4, 0.5) is 0 Å². The van der Waals surface area contributed by atoms with Crippen molar-refractivity contribution < 1.29 is 9.59 Å². The van der Waals surface area contributed by atoms with E-state index in [0.29, 0.717) is 38.4 Å². The van der Waals surface area contributed by atoms with Gasteiger partial charge in [-0.25, -0.2) is 0 Å². The van der Waals surface area contributed by atoms with Crippen molar-refractivity contribution in [2.24, 2.45) is 0 Å². The fourth-order valence-electron chi connectivity index (χ4n) is 4.10. The van der Waals surface area contributed by atoms with Crippen LogP contribution in [0.1, 0.15) is 49.7 Å². The van der Waals surface area contributed by atoms with Gasteiger partial charge in [-0.15, -0.1) is 21.5 Å². The van der Waals surface area contributed by atoms with Gasteiger partial charge in [0.25, 0.3) is 5.91 Å². The van der Waals surface area contributed by atoms with E-state index in [-0.39, 0.29) is 18.2 Å². The van der Waals surface area contributed by atoms with Crippen LogP contribution in [0.15, 0.2) is 72.8 Å². The largest absolute Gasteiger partial charge is 0.345 e. The van der Waals surface area contributed by atoms with Crippen molar-refractivity contribution in [3.8, 4) is 5.00 Å². The summed E-state index contributed by atoms with van der Waals surface area (Å²) in [7, 11) is 0. The number of hydrogen-bond acceptors (Lipinski definition) is 5. The Morgan fingerprint density at radius 2 is 1.69 bits per heavy atom. The van der Waals surface area contributed by atoms with Gasteiger partial charge in [0, 0.05) is 16.0 Å². The van der Waals surface area contributed by atoms with Crippen molar-refractivity contribution in [1.29, 1.82) is 0 Å². The van der Waals surface area contributed by atoms with Gasteiger partial charge in [0.2, 0.25) is 0 Å². The number of ketones is 1. The number of benzene rings is 3. The first-order valence-electron chi connectivity index (χ1n) is 11.6. The SMILES string of the molecule is CCc1cc(C(=O)c2ccccc2Cl)c(-n2c(C)nnc2CNC(=O)c2ccc3ccccc3c2)s1. The van der Waals surface area contributed by atoms with E-state index in [1.807, 2.05) is 60.9 Å². The predicted octanol–water partition coefficient (Wildman–Crippen LogP) is 6.17. The molecule has 2 heterocycles. The fraction of sp³-hybridized carbons (Fsp3) is 0.143. The molecule has 0 atom stereocenters. The van der Waals surface area contributed by atoms with Gasteiger partial charge in [-0.1, -0.05) is 61.0 Å². The lowest BCUT2D eigenvalue weighted by atomic mass is 10.0. The zero-order valence-corrected chi connectivity index (χ0v) is 21.4. The zero-order valence-electron chi connectivity index (χ0n) is 19.8. The highest BCUT2D eigenvalue weighted by Crippen LogP contribution is 2.32. The zero-order chi connectivity index (χ0) is 25.2. The molecule has 0 bridgehead atoms. The summed E-state index contributed by atoms with van der Waals surface area (Å²) in [5.74, 6) is 0.800. The van der Waals surface area contributed by atoms with Gasteiger partial charge in [-0.3, -0.25) is 14.2 Å². The van der Waals surface area contributed by atoms with Crippen LogP contribution in [-0.2, 0) is 13.0 Å². The molecule has 2 aromatic heterocycles. The molecule has 5 aromatic rings. The molecule has 3 aromatic carbocycles.